The molecular formula is C5H4F7. The highest BCUT2D eigenvalue weighted by atomic mass is 19.4. The van der Waals surface area contributed by atoms with E-state index in [1.54, 1.807) is 0 Å². The molecule has 0 aliphatic heterocycles. The van der Waals surface area contributed by atoms with Gasteiger partial charge < -0.3 is 0 Å². The Hall–Kier alpha value is -0.490. The van der Waals surface area contributed by atoms with Gasteiger partial charge in [-0.25, -0.2) is 0 Å². The smallest absolute Gasteiger partial charge is 0.199 e. The van der Waals surface area contributed by atoms with E-state index < -0.39 is 24.4 Å². The van der Waals surface area contributed by atoms with E-state index >= 15 is 0 Å². The van der Waals surface area contributed by atoms with Crippen molar-refractivity contribution in [3.63, 3.8) is 0 Å². The monoisotopic (exact) mass is 197 g/mol. The van der Waals surface area contributed by atoms with Crippen molar-refractivity contribution in [2.45, 2.75) is 24.9 Å². The number of halogens is 7. The second kappa shape index (κ2) is 2.77. The SMILES string of the molecule is C[CH]C(F)(F)C(F)(F)C(F)(F)F. The zero-order chi connectivity index (χ0) is 10.2. The molecule has 0 bridgehead atoms. The van der Waals surface area contributed by atoms with Crippen LogP contribution in [0.3, 0.4) is 0 Å². The summed E-state index contributed by atoms with van der Waals surface area (Å²) in [6.07, 6.45) is -6.72. The maximum atomic E-state index is 11.9. The van der Waals surface area contributed by atoms with Crippen molar-refractivity contribution < 1.29 is 30.7 Å². The van der Waals surface area contributed by atoms with Crippen LogP contribution >= 0.6 is 0 Å². The van der Waals surface area contributed by atoms with E-state index in [0.717, 1.165) is 0 Å². The summed E-state index contributed by atoms with van der Waals surface area (Å²) in [5.41, 5.74) is 0. The molecule has 12 heavy (non-hydrogen) atoms. The second-order valence-electron chi connectivity index (χ2n) is 1.98. The summed E-state index contributed by atoms with van der Waals surface area (Å²) >= 11 is 0. The zero-order valence-corrected chi connectivity index (χ0v) is 5.72. The fourth-order valence-electron chi connectivity index (χ4n) is 0.370. The quantitative estimate of drug-likeness (QED) is 0.597. The average Bonchev–Trinajstić information content (AvgIpc) is 1.85. The number of alkyl halides is 7. The maximum absolute atomic E-state index is 11.9. The Morgan fingerprint density at radius 1 is 0.833 bits per heavy atom. The van der Waals surface area contributed by atoms with Crippen LogP contribution in [-0.4, -0.2) is 18.0 Å². The topological polar surface area (TPSA) is 0 Å². The Balaban J connectivity index is 4.85. The van der Waals surface area contributed by atoms with Crippen LogP contribution in [-0.2, 0) is 0 Å². The standard InChI is InChI=1S/C5H4F7/c1-2-3(6,7)4(8,9)5(10,11)12/h2H,1H3. The first kappa shape index (κ1) is 11.5. The van der Waals surface area contributed by atoms with E-state index in [0.29, 0.717) is 6.92 Å². The third kappa shape index (κ3) is 1.64. The minimum Gasteiger partial charge on any atom is -0.199 e. The fourth-order valence-corrected chi connectivity index (χ4v) is 0.370. The molecule has 73 valence electrons. The van der Waals surface area contributed by atoms with Gasteiger partial charge in [0.05, 0.1) is 0 Å². The minimum atomic E-state index is -6.23. The Morgan fingerprint density at radius 3 is 1.25 bits per heavy atom. The molecule has 0 aliphatic rings. The van der Waals surface area contributed by atoms with E-state index in [1.165, 1.54) is 0 Å². The lowest BCUT2D eigenvalue weighted by Crippen LogP contribution is -2.51. The molecule has 0 N–H and O–H groups in total. The van der Waals surface area contributed by atoms with Gasteiger partial charge in [-0.3, -0.25) is 0 Å². The molecule has 0 spiro atoms. The summed E-state index contributed by atoms with van der Waals surface area (Å²) in [5.74, 6) is -11.2. The van der Waals surface area contributed by atoms with Crippen molar-refractivity contribution in [2.24, 2.45) is 0 Å². The highest BCUT2D eigenvalue weighted by Gasteiger charge is 2.72. The lowest BCUT2D eigenvalue weighted by Gasteiger charge is -2.26. The molecule has 0 atom stereocenters. The van der Waals surface area contributed by atoms with Crippen molar-refractivity contribution in [2.75, 3.05) is 0 Å². The first-order valence-corrected chi connectivity index (χ1v) is 2.69. The van der Waals surface area contributed by atoms with Crippen LogP contribution in [0.15, 0.2) is 0 Å². The summed E-state index contributed by atoms with van der Waals surface area (Å²) in [6, 6.07) is 0. The average molecular weight is 197 g/mol. The lowest BCUT2D eigenvalue weighted by atomic mass is 10.1. The van der Waals surface area contributed by atoms with Crippen molar-refractivity contribution >= 4 is 0 Å². The summed E-state index contributed by atoms with van der Waals surface area (Å²) in [4.78, 5) is 0. The van der Waals surface area contributed by atoms with Gasteiger partial charge in [-0.15, -0.1) is 0 Å². The highest BCUT2D eigenvalue weighted by Crippen LogP contribution is 2.47. The largest absolute Gasteiger partial charge is 0.459 e. The van der Waals surface area contributed by atoms with Crippen LogP contribution < -0.4 is 0 Å². The van der Waals surface area contributed by atoms with Crippen molar-refractivity contribution in [1.82, 2.24) is 0 Å². The molecule has 0 aromatic carbocycles. The molecule has 0 nitrogen and oxygen atoms in total. The third-order valence-electron chi connectivity index (χ3n) is 1.14. The van der Waals surface area contributed by atoms with Crippen LogP contribution in [0.1, 0.15) is 6.92 Å². The van der Waals surface area contributed by atoms with Crippen LogP contribution in [0.2, 0.25) is 0 Å². The number of hydrogen-bond acceptors (Lipinski definition) is 0. The Bertz CT molecular complexity index is 156. The second-order valence-corrected chi connectivity index (χ2v) is 1.98. The van der Waals surface area contributed by atoms with Gasteiger partial charge in [0.15, 0.2) is 0 Å². The summed E-state index contributed by atoms with van der Waals surface area (Å²) in [5, 5.41) is 0. The molecule has 7 heteroatoms. The summed E-state index contributed by atoms with van der Waals surface area (Å²) in [6.45, 7) is 0.430. The zero-order valence-electron chi connectivity index (χ0n) is 5.72. The van der Waals surface area contributed by atoms with Gasteiger partial charge in [0.1, 0.15) is 0 Å². The van der Waals surface area contributed by atoms with E-state index in [1.807, 2.05) is 0 Å². The highest BCUT2D eigenvalue weighted by molar-refractivity contribution is 4.97. The van der Waals surface area contributed by atoms with Crippen LogP contribution in [0, 0.1) is 6.42 Å². The summed E-state index contributed by atoms with van der Waals surface area (Å²) in [7, 11) is 0. The van der Waals surface area contributed by atoms with E-state index in [4.69, 9.17) is 0 Å². The van der Waals surface area contributed by atoms with Gasteiger partial charge in [0.2, 0.25) is 0 Å². The predicted molar refractivity (Wildman–Crippen MR) is 25.9 cm³/mol. The van der Waals surface area contributed by atoms with Gasteiger partial charge in [0, 0.05) is 6.42 Å². The first-order valence-electron chi connectivity index (χ1n) is 2.69. The molecule has 0 fully saturated rings. The molecule has 0 aromatic heterocycles. The third-order valence-corrected chi connectivity index (χ3v) is 1.14. The van der Waals surface area contributed by atoms with Crippen molar-refractivity contribution in [3.8, 4) is 0 Å². The van der Waals surface area contributed by atoms with Crippen LogP contribution in [0.4, 0.5) is 30.7 Å². The molecule has 0 aromatic rings. The van der Waals surface area contributed by atoms with Crippen molar-refractivity contribution in [1.29, 1.82) is 0 Å². The van der Waals surface area contributed by atoms with Gasteiger partial charge in [-0.1, -0.05) is 6.92 Å². The van der Waals surface area contributed by atoms with Gasteiger partial charge in [-0.2, -0.15) is 30.7 Å². The van der Waals surface area contributed by atoms with Crippen molar-refractivity contribution in [3.05, 3.63) is 6.42 Å². The molecule has 1 radical (unpaired) electrons. The predicted octanol–water partition coefficient (Wildman–Crippen LogP) is 3.04. The van der Waals surface area contributed by atoms with Crippen LogP contribution in [0.5, 0.6) is 0 Å². The van der Waals surface area contributed by atoms with E-state index in [9.17, 15) is 30.7 Å². The molecule has 0 aliphatic carbocycles. The van der Waals surface area contributed by atoms with Gasteiger partial charge in [0.25, 0.3) is 0 Å². The normalized spacial score (nSPS) is 15.0. The van der Waals surface area contributed by atoms with E-state index in [2.05, 4.69) is 0 Å². The molecular weight excluding hydrogens is 193 g/mol. The Kier molecular flexibility index (Phi) is 2.66. The van der Waals surface area contributed by atoms with Gasteiger partial charge >= 0.3 is 18.0 Å². The molecule has 0 heterocycles. The minimum absolute atomic E-state index is 0.430. The maximum Gasteiger partial charge on any atom is 0.459 e. The Morgan fingerprint density at radius 2 is 1.17 bits per heavy atom. The Labute approximate surface area is 63.4 Å². The fraction of sp³-hybridized carbons (Fsp3) is 0.800. The molecule has 0 amide bonds. The molecule has 0 saturated heterocycles. The molecule has 0 saturated carbocycles. The first-order chi connectivity index (χ1) is 5.06. The van der Waals surface area contributed by atoms with Crippen LogP contribution in [0.25, 0.3) is 0 Å². The number of rotatable bonds is 2. The molecule has 0 unspecified atom stereocenters. The van der Waals surface area contributed by atoms with E-state index in [-0.39, 0.29) is 0 Å². The number of hydrogen-bond donors (Lipinski definition) is 0. The van der Waals surface area contributed by atoms with Gasteiger partial charge in [-0.05, 0) is 0 Å². The summed E-state index contributed by atoms with van der Waals surface area (Å²) < 4.78 is 81.2. The molecule has 0 rings (SSSR count). The lowest BCUT2D eigenvalue weighted by molar-refractivity contribution is -0.345.